The molecule has 0 saturated carbocycles. The first-order valence-corrected chi connectivity index (χ1v) is 3.86. The molecule has 0 aromatic rings. The summed E-state index contributed by atoms with van der Waals surface area (Å²) < 4.78 is 5.01. The smallest absolute Gasteiger partial charge is 0.129 e. The van der Waals surface area contributed by atoms with Gasteiger partial charge < -0.3 is 9.53 Å². The predicted octanol–water partition coefficient (Wildman–Crippen LogP) is 1.39. The van der Waals surface area contributed by atoms with Crippen molar-refractivity contribution in [2.75, 3.05) is 13.2 Å². The third kappa shape index (κ3) is 2.48. The van der Waals surface area contributed by atoms with Gasteiger partial charge in [0, 0.05) is 12.3 Å². The second kappa shape index (κ2) is 3.71. The van der Waals surface area contributed by atoms with Crippen LogP contribution in [0, 0.1) is 5.92 Å². The van der Waals surface area contributed by atoms with Crippen molar-refractivity contribution in [3.8, 4) is 0 Å². The number of hydrogen-bond acceptors (Lipinski definition) is 2. The van der Waals surface area contributed by atoms with Gasteiger partial charge in [0.05, 0.1) is 13.2 Å². The molecule has 58 valence electrons. The summed E-state index contributed by atoms with van der Waals surface area (Å²) in [7, 11) is 0. The van der Waals surface area contributed by atoms with E-state index in [9.17, 15) is 4.79 Å². The zero-order valence-electron chi connectivity index (χ0n) is 6.43. The molecular formula is C8H14O2. The third-order valence-electron chi connectivity index (χ3n) is 1.85. The largest absolute Gasteiger partial charge is 0.381 e. The lowest BCUT2D eigenvalue weighted by Gasteiger charge is -2.25. The van der Waals surface area contributed by atoms with Crippen LogP contribution in [0.1, 0.15) is 26.2 Å². The Morgan fingerprint density at radius 3 is 2.70 bits per heavy atom. The van der Waals surface area contributed by atoms with Crippen molar-refractivity contribution in [1.82, 2.24) is 0 Å². The monoisotopic (exact) mass is 142 g/mol. The Labute approximate surface area is 61.6 Å². The molecule has 1 heterocycles. The highest BCUT2D eigenvalue weighted by atomic mass is 16.5. The Morgan fingerprint density at radius 2 is 2.30 bits per heavy atom. The quantitative estimate of drug-likeness (QED) is 0.593. The molecule has 0 atom stereocenters. The SMILES string of the molecule is CC(=O)CCCC1COC1. The number of hydrogen-bond donors (Lipinski definition) is 0. The van der Waals surface area contributed by atoms with Gasteiger partial charge in [-0.1, -0.05) is 0 Å². The number of Topliss-reactive ketones (excluding diaryl/α,β-unsaturated/α-hetero) is 1. The molecule has 2 nitrogen and oxygen atoms in total. The fraction of sp³-hybridized carbons (Fsp3) is 0.875. The molecular weight excluding hydrogens is 128 g/mol. The van der Waals surface area contributed by atoms with Crippen LogP contribution in [0.25, 0.3) is 0 Å². The fourth-order valence-electron chi connectivity index (χ4n) is 1.09. The normalized spacial score (nSPS) is 18.5. The van der Waals surface area contributed by atoms with Gasteiger partial charge in [0.25, 0.3) is 0 Å². The minimum Gasteiger partial charge on any atom is -0.381 e. The predicted molar refractivity (Wildman–Crippen MR) is 38.8 cm³/mol. The second-order valence-corrected chi connectivity index (χ2v) is 3.00. The molecule has 2 heteroatoms. The summed E-state index contributed by atoms with van der Waals surface area (Å²) in [6.07, 6.45) is 2.96. The molecule has 0 radical (unpaired) electrons. The first kappa shape index (κ1) is 7.73. The molecule has 0 spiro atoms. The summed E-state index contributed by atoms with van der Waals surface area (Å²) in [4.78, 5) is 10.5. The van der Waals surface area contributed by atoms with Crippen molar-refractivity contribution in [3.63, 3.8) is 0 Å². The van der Waals surface area contributed by atoms with E-state index < -0.39 is 0 Å². The first-order chi connectivity index (χ1) is 4.79. The number of rotatable bonds is 4. The number of carbonyl (C=O) groups is 1. The average molecular weight is 142 g/mol. The van der Waals surface area contributed by atoms with Crippen LogP contribution in [0.5, 0.6) is 0 Å². The van der Waals surface area contributed by atoms with Crippen molar-refractivity contribution in [3.05, 3.63) is 0 Å². The molecule has 0 bridgehead atoms. The van der Waals surface area contributed by atoms with Crippen LogP contribution in [0.2, 0.25) is 0 Å². The maximum Gasteiger partial charge on any atom is 0.129 e. The molecule has 1 rings (SSSR count). The van der Waals surface area contributed by atoms with Crippen LogP contribution >= 0.6 is 0 Å². The van der Waals surface area contributed by atoms with Crippen molar-refractivity contribution in [2.45, 2.75) is 26.2 Å². The Bertz CT molecular complexity index is 116. The van der Waals surface area contributed by atoms with Crippen LogP contribution in [-0.2, 0) is 9.53 Å². The summed E-state index contributed by atoms with van der Waals surface area (Å²) in [5.41, 5.74) is 0. The summed E-state index contributed by atoms with van der Waals surface area (Å²) in [6, 6.07) is 0. The summed E-state index contributed by atoms with van der Waals surface area (Å²) in [5, 5.41) is 0. The third-order valence-corrected chi connectivity index (χ3v) is 1.85. The Hall–Kier alpha value is -0.370. The highest BCUT2D eigenvalue weighted by Gasteiger charge is 2.17. The zero-order chi connectivity index (χ0) is 7.40. The first-order valence-electron chi connectivity index (χ1n) is 3.86. The molecule has 10 heavy (non-hydrogen) atoms. The van der Waals surface area contributed by atoms with Gasteiger partial charge in [-0.15, -0.1) is 0 Å². The molecule has 1 aliphatic rings. The van der Waals surface area contributed by atoms with Crippen molar-refractivity contribution >= 4 is 5.78 Å². The van der Waals surface area contributed by atoms with Crippen LogP contribution in [0.15, 0.2) is 0 Å². The van der Waals surface area contributed by atoms with Gasteiger partial charge in [-0.25, -0.2) is 0 Å². The van der Waals surface area contributed by atoms with E-state index in [1.165, 1.54) is 6.42 Å². The highest BCUT2D eigenvalue weighted by Crippen LogP contribution is 2.16. The van der Waals surface area contributed by atoms with E-state index in [0.717, 1.165) is 32.0 Å². The minimum atomic E-state index is 0.306. The van der Waals surface area contributed by atoms with Gasteiger partial charge in [0.15, 0.2) is 0 Å². The Morgan fingerprint density at radius 1 is 1.60 bits per heavy atom. The van der Waals surface area contributed by atoms with Crippen molar-refractivity contribution in [1.29, 1.82) is 0 Å². The van der Waals surface area contributed by atoms with Gasteiger partial charge >= 0.3 is 0 Å². The van der Waals surface area contributed by atoms with Crippen molar-refractivity contribution in [2.24, 2.45) is 5.92 Å². The van der Waals surface area contributed by atoms with Gasteiger partial charge in [0.1, 0.15) is 5.78 Å². The lowest BCUT2D eigenvalue weighted by atomic mass is 10.00. The van der Waals surface area contributed by atoms with Crippen LogP contribution in [-0.4, -0.2) is 19.0 Å². The number of ether oxygens (including phenoxy) is 1. The molecule has 1 aliphatic heterocycles. The second-order valence-electron chi connectivity index (χ2n) is 3.00. The van der Waals surface area contributed by atoms with Gasteiger partial charge in [-0.05, 0) is 19.8 Å². The lowest BCUT2D eigenvalue weighted by molar-refractivity contribution is -0.117. The number of carbonyl (C=O) groups excluding carboxylic acids is 1. The minimum absolute atomic E-state index is 0.306. The molecule has 0 amide bonds. The summed E-state index contributed by atoms with van der Waals surface area (Å²) >= 11 is 0. The van der Waals surface area contributed by atoms with E-state index in [0.29, 0.717) is 5.78 Å². The molecule has 0 aromatic carbocycles. The Balaban J connectivity index is 1.89. The average Bonchev–Trinajstić information content (AvgIpc) is 1.75. The van der Waals surface area contributed by atoms with E-state index in [-0.39, 0.29) is 0 Å². The molecule has 0 N–H and O–H groups in total. The molecule has 0 aliphatic carbocycles. The van der Waals surface area contributed by atoms with Gasteiger partial charge in [-0.3, -0.25) is 0 Å². The lowest BCUT2D eigenvalue weighted by Crippen LogP contribution is -2.27. The van der Waals surface area contributed by atoms with E-state index in [1.54, 1.807) is 6.92 Å². The van der Waals surface area contributed by atoms with Crippen LogP contribution < -0.4 is 0 Å². The topological polar surface area (TPSA) is 26.3 Å². The number of ketones is 1. The van der Waals surface area contributed by atoms with E-state index in [2.05, 4.69) is 0 Å². The maximum atomic E-state index is 10.5. The summed E-state index contributed by atoms with van der Waals surface area (Å²) in [5.74, 6) is 1.06. The summed E-state index contributed by atoms with van der Waals surface area (Å²) in [6.45, 7) is 3.48. The van der Waals surface area contributed by atoms with Crippen LogP contribution in [0.3, 0.4) is 0 Å². The van der Waals surface area contributed by atoms with Crippen molar-refractivity contribution < 1.29 is 9.53 Å². The molecule has 0 aromatic heterocycles. The highest BCUT2D eigenvalue weighted by molar-refractivity contribution is 5.75. The van der Waals surface area contributed by atoms with Gasteiger partial charge in [0.2, 0.25) is 0 Å². The zero-order valence-corrected chi connectivity index (χ0v) is 6.43. The molecule has 0 unspecified atom stereocenters. The fourth-order valence-corrected chi connectivity index (χ4v) is 1.09. The van der Waals surface area contributed by atoms with Gasteiger partial charge in [-0.2, -0.15) is 0 Å². The van der Waals surface area contributed by atoms with E-state index in [1.807, 2.05) is 0 Å². The van der Waals surface area contributed by atoms with E-state index in [4.69, 9.17) is 4.74 Å². The Kier molecular flexibility index (Phi) is 2.87. The molecule has 1 fully saturated rings. The standard InChI is InChI=1S/C8H14O2/c1-7(9)3-2-4-8-5-10-6-8/h8H,2-6H2,1H3. The van der Waals surface area contributed by atoms with Crippen LogP contribution in [0.4, 0.5) is 0 Å². The van der Waals surface area contributed by atoms with E-state index >= 15 is 0 Å². The molecule has 1 saturated heterocycles. The maximum absolute atomic E-state index is 10.5.